The van der Waals surface area contributed by atoms with E-state index in [1.165, 1.54) is 0 Å². The van der Waals surface area contributed by atoms with Crippen LogP contribution in [-0.2, 0) is 26.5 Å². The van der Waals surface area contributed by atoms with Crippen LogP contribution in [0.5, 0.6) is 11.5 Å². The van der Waals surface area contributed by atoms with Gasteiger partial charge in [0.2, 0.25) is 0 Å². The van der Waals surface area contributed by atoms with Crippen molar-refractivity contribution in [2.45, 2.75) is 0 Å². The number of nitrogens with zero attached hydrogens (tertiary/aromatic N) is 2. The van der Waals surface area contributed by atoms with Gasteiger partial charge < -0.3 is 19.7 Å². The molecule has 0 aliphatic carbocycles. The maximum Gasteiger partial charge on any atom is 0.124 e. The molecule has 2 N–H and O–H groups in total. The summed E-state index contributed by atoms with van der Waals surface area (Å²) in [5.74, 6) is 0.436. The molecule has 0 saturated heterocycles. The first-order valence-electron chi connectivity index (χ1n) is 8.48. The van der Waals surface area contributed by atoms with Crippen molar-refractivity contribution in [3.63, 3.8) is 0 Å². The van der Waals surface area contributed by atoms with Gasteiger partial charge in [-0.3, -0.25) is 9.98 Å². The summed E-state index contributed by atoms with van der Waals surface area (Å²) in [4.78, 5) is 8.41. The molecule has 0 spiro atoms. The number of hydrogen-bond donors (Lipinski definition) is 2. The van der Waals surface area contributed by atoms with E-state index < -0.39 is 0 Å². The summed E-state index contributed by atoms with van der Waals surface area (Å²) in [7, 11) is 0. The van der Waals surface area contributed by atoms with E-state index in [0.29, 0.717) is 50.6 Å². The minimum atomic E-state index is 0. The summed E-state index contributed by atoms with van der Waals surface area (Å²) in [6, 6.07) is 14.1. The third-order valence-corrected chi connectivity index (χ3v) is 3.44. The van der Waals surface area contributed by atoms with Gasteiger partial charge in [-0.25, -0.2) is 0 Å². The van der Waals surface area contributed by atoms with Gasteiger partial charge in [0.15, 0.2) is 0 Å². The van der Waals surface area contributed by atoms with Gasteiger partial charge in [0, 0.05) is 40.6 Å². The fourth-order valence-electron chi connectivity index (χ4n) is 2.08. The van der Waals surface area contributed by atoms with E-state index in [2.05, 4.69) is 9.98 Å². The first-order valence-corrected chi connectivity index (χ1v) is 8.48. The number of aliphatic imine (C=N–C) groups is 2. The average molecular weight is 412 g/mol. The maximum absolute atomic E-state index is 9.59. The van der Waals surface area contributed by atoms with Crippen LogP contribution in [0.4, 0.5) is 0 Å². The number of ether oxygens (including phenoxy) is 2. The van der Waals surface area contributed by atoms with Crippen LogP contribution < -0.4 is 0 Å². The van der Waals surface area contributed by atoms with Gasteiger partial charge in [-0.05, 0) is 24.3 Å². The van der Waals surface area contributed by atoms with Crippen LogP contribution >= 0.6 is 0 Å². The predicted octanol–water partition coefficient (Wildman–Crippen LogP) is 2.67. The molecular weight excluding hydrogens is 388 g/mol. The Hall–Kier alpha value is -2.18. The first-order chi connectivity index (χ1) is 12.8. The topological polar surface area (TPSA) is 83.6 Å². The molecule has 0 unspecified atom stereocenters. The quantitative estimate of drug-likeness (QED) is 0.338. The van der Waals surface area contributed by atoms with Crippen molar-refractivity contribution in [1.82, 2.24) is 0 Å². The molecule has 0 saturated carbocycles. The zero-order valence-corrected chi connectivity index (χ0v) is 16.1. The third-order valence-electron chi connectivity index (χ3n) is 3.44. The fourth-order valence-corrected chi connectivity index (χ4v) is 2.08. The SMILES string of the molecule is Oc1ccccc1C=NCCOCCOCCN=Cc1ccccc1O.[Fe]. The second-order valence-corrected chi connectivity index (χ2v) is 5.41. The molecule has 0 aliphatic rings. The molecule has 0 radical (unpaired) electrons. The largest absolute Gasteiger partial charge is 0.507 e. The minimum absolute atomic E-state index is 0. The smallest absolute Gasteiger partial charge is 0.124 e. The number of phenols is 2. The van der Waals surface area contributed by atoms with Gasteiger partial charge in [-0.15, -0.1) is 0 Å². The number of phenolic OH excluding ortho intramolecular Hbond substituents is 2. The Morgan fingerprint density at radius 2 is 1.07 bits per heavy atom. The molecule has 0 amide bonds. The summed E-state index contributed by atoms with van der Waals surface area (Å²) in [6.45, 7) is 3.04. The Kier molecular flexibility index (Phi) is 11.8. The molecule has 0 fully saturated rings. The normalized spacial score (nSPS) is 11.1. The van der Waals surface area contributed by atoms with Gasteiger partial charge in [-0.2, -0.15) is 0 Å². The van der Waals surface area contributed by atoms with Crippen LogP contribution in [0.3, 0.4) is 0 Å². The van der Waals surface area contributed by atoms with E-state index in [4.69, 9.17) is 9.47 Å². The number of para-hydroxylation sites is 2. The Labute approximate surface area is 170 Å². The number of hydrogen-bond acceptors (Lipinski definition) is 6. The molecule has 146 valence electrons. The Morgan fingerprint density at radius 3 is 1.48 bits per heavy atom. The van der Waals surface area contributed by atoms with Gasteiger partial charge in [0.1, 0.15) is 11.5 Å². The number of rotatable bonds is 11. The zero-order chi connectivity index (χ0) is 18.5. The molecule has 0 heterocycles. The number of aromatic hydroxyl groups is 2. The van der Waals surface area contributed by atoms with E-state index in [-0.39, 0.29) is 28.6 Å². The standard InChI is InChI=1S/C20H24N2O4.Fe/c23-19-7-3-1-5-17(19)15-21-9-11-25-13-14-26-12-10-22-16-18-6-2-4-8-20(18)24;/h1-8,15-16,23-24H,9-14H2;. The molecule has 7 heteroatoms. The Balaban J connectivity index is 0.00000364. The van der Waals surface area contributed by atoms with Crippen LogP contribution in [0.1, 0.15) is 11.1 Å². The zero-order valence-electron chi connectivity index (χ0n) is 15.0. The van der Waals surface area contributed by atoms with Crippen molar-refractivity contribution >= 4 is 12.4 Å². The van der Waals surface area contributed by atoms with Gasteiger partial charge >= 0.3 is 0 Å². The van der Waals surface area contributed by atoms with Crippen LogP contribution in [0, 0.1) is 0 Å². The van der Waals surface area contributed by atoms with Crippen LogP contribution in [0.15, 0.2) is 58.5 Å². The summed E-state index contributed by atoms with van der Waals surface area (Å²) >= 11 is 0. The van der Waals surface area contributed by atoms with Gasteiger partial charge in [0.05, 0.1) is 39.5 Å². The monoisotopic (exact) mass is 412 g/mol. The molecule has 0 aromatic heterocycles. The average Bonchev–Trinajstić information content (AvgIpc) is 2.65. The summed E-state index contributed by atoms with van der Waals surface area (Å²) in [6.07, 6.45) is 3.27. The molecule has 0 aliphatic heterocycles. The molecule has 2 rings (SSSR count). The van der Waals surface area contributed by atoms with Gasteiger partial charge in [0.25, 0.3) is 0 Å². The Morgan fingerprint density at radius 1 is 0.667 bits per heavy atom. The van der Waals surface area contributed by atoms with Crippen molar-refractivity contribution in [3.05, 3.63) is 59.7 Å². The predicted molar refractivity (Wildman–Crippen MR) is 103 cm³/mol. The summed E-state index contributed by atoms with van der Waals surface area (Å²) in [5, 5.41) is 19.2. The molecule has 6 nitrogen and oxygen atoms in total. The molecule has 0 atom stereocenters. The maximum atomic E-state index is 9.59. The number of benzene rings is 2. The minimum Gasteiger partial charge on any atom is -0.507 e. The summed E-state index contributed by atoms with van der Waals surface area (Å²) in [5.41, 5.74) is 1.39. The second-order valence-electron chi connectivity index (χ2n) is 5.41. The van der Waals surface area contributed by atoms with Crippen molar-refractivity contribution in [1.29, 1.82) is 0 Å². The van der Waals surface area contributed by atoms with Crippen molar-refractivity contribution in [2.75, 3.05) is 39.5 Å². The molecule has 0 bridgehead atoms. The fraction of sp³-hybridized carbons (Fsp3) is 0.300. The molecule has 2 aromatic rings. The van der Waals surface area contributed by atoms with Crippen LogP contribution in [-0.4, -0.2) is 62.2 Å². The van der Waals surface area contributed by atoms with E-state index in [1.54, 1.807) is 48.8 Å². The van der Waals surface area contributed by atoms with Crippen LogP contribution in [0.2, 0.25) is 0 Å². The first kappa shape index (κ1) is 22.9. The van der Waals surface area contributed by atoms with Crippen LogP contribution in [0.25, 0.3) is 0 Å². The van der Waals surface area contributed by atoms with E-state index in [9.17, 15) is 10.2 Å². The van der Waals surface area contributed by atoms with Crippen molar-refractivity contribution in [3.8, 4) is 11.5 Å². The van der Waals surface area contributed by atoms with E-state index >= 15 is 0 Å². The van der Waals surface area contributed by atoms with E-state index in [0.717, 1.165) is 0 Å². The van der Waals surface area contributed by atoms with E-state index in [1.807, 2.05) is 12.1 Å². The molecule has 27 heavy (non-hydrogen) atoms. The summed E-state index contributed by atoms with van der Waals surface area (Å²) < 4.78 is 10.8. The molecule has 2 aromatic carbocycles. The second kappa shape index (κ2) is 13.9. The van der Waals surface area contributed by atoms with Gasteiger partial charge in [-0.1, -0.05) is 24.3 Å². The Bertz CT molecular complexity index is 661. The van der Waals surface area contributed by atoms with Crippen molar-refractivity contribution in [2.24, 2.45) is 9.98 Å². The third kappa shape index (κ3) is 9.35. The van der Waals surface area contributed by atoms with Crippen molar-refractivity contribution < 1.29 is 36.8 Å². The molecular formula is C20H24FeN2O4.